The number of hydrogen-bond acceptors (Lipinski definition) is 15. The summed E-state index contributed by atoms with van der Waals surface area (Å²) in [5.41, 5.74) is 0. The Morgan fingerprint density at radius 1 is 0.274 bits per heavy atom. The number of unbranched alkanes of at least 4 members (excludes halogenated alkanes) is 20. The maximum absolute atomic E-state index is 13.1. The molecule has 3 N–H and O–H groups in total. The van der Waals surface area contributed by atoms with Gasteiger partial charge in [-0.15, -0.1) is 0 Å². The predicted octanol–water partition coefficient (Wildman–Crippen LogP) is 23.8. The van der Waals surface area contributed by atoms with Crippen molar-refractivity contribution in [3.05, 3.63) is 170 Å². The zero-order chi connectivity index (χ0) is 77.4. The van der Waals surface area contributed by atoms with Crippen molar-refractivity contribution in [1.29, 1.82) is 0 Å². The molecular weight excluding hydrogens is 1380 g/mol. The minimum Gasteiger partial charge on any atom is -0.462 e. The van der Waals surface area contributed by atoms with Gasteiger partial charge in [0.25, 0.3) is 0 Å². The fourth-order valence-electron chi connectivity index (χ4n) is 10.1. The Balaban J connectivity index is 5.46. The molecule has 0 aromatic heterocycles. The molecule has 0 aliphatic heterocycles. The smallest absolute Gasteiger partial charge is 0.462 e. The van der Waals surface area contributed by atoms with Crippen molar-refractivity contribution in [2.45, 2.75) is 316 Å². The molecule has 0 aromatic carbocycles. The van der Waals surface area contributed by atoms with E-state index in [1.165, 1.54) is 19.3 Å². The van der Waals surface area contributed by atoms with Crippen LogP contribution in [0.3, 0.4) is 0 Å². The Labute approximate surface area is 642 Å². The average molecular weight is 1520 g/mol. The first-order valence-corrected chi connectivity index (χ1v) is 43.4. The Morgan fingerprint density at radius 3 is 0.792 bits per heavy atom. The lowest BCUT2D eigenvalue weighted by atomic mass is 10.1. The third-order valence-electron chi connectivity index (χ3n) is 16.2. The summed E-state index contributed by atoms with van der Waals surface area (Å²) >= 11 is 0. The van der Waals surface area contributed by atoms with E-state index in [0.29, 0.717) is 32.1 Å². The standard InChI is InChI=1S/C87H142O17P2/c1-5-9-13-17-21-25-29-33-37-39-40-42-46-48-52-56-60-64-68-72-85(90)98-78-83(104-87(92)74-70-66-62-58-54-50-44-36-32-28-24-20-16-12-8-4)80-102-106(95,96)100-76-81(88)75-99-105(93,94)101-79-82(103-86(91)73-69-65-61-57-53-49-43-35-31-27-23-19-15-11-7-3)77-97-84(89)71-67-63-59-55-51-47-45-41-38-34-30-26-22-18-14-10-6-2/h9-11,13-15,21-28,33-38,40,42-45,47,55,59,81-83,88H,5-8,12,16-20,29-32,39,41,46,48-54,56-58,60-80H2,1-4H3,(H,93,94)(H,95,96)/b13-9-,14-10-,15-11-,25-21-,26-22-,27-23-,28-24-,37-33-,38-34-,42-40-,43-35-,44-36-,47-45-,59-55-. The highest BCUT2D eigenvalue weighted by molar-refractivity contribution is 7.47. The lowest BCUT2D eigenvalue weighted by Crippen LogP contribution is -2.30. The maximum Gasteiger partial charge on any atom is 0.472 e. The van der Waals surface area contributed by atoms with Crippen LogP contribution in [0.1, 0.15) is 297 Å². The van der Waals surface area contributed by atoms with Crippen molar-refractivity contribution in [3.63, 3.8) is 0 Å². The molecule has 0 radical (unpaired) electrons. The number of carbonyl (C=O) groups is 4. The van der Waals surface area contributed by atoms with Crippen LogP contribution in [-0.4, -0.2) is 96.7 Å². The highest BCUT2D eigenvalue weighted by atomic mass is 31.2. The van der Waals surface area contributed by atoms with Gasteiger partial charge in [-0.2, -0.15) is 0 Å². The Kier molecular flexibility index (Phi) is 73.5. The summed E-state index contributed by atoms with van der Waals surface area (Å²) in [7, 11) is -10.0. The molecule has 5 atom stereocenters. The van der Waals surface area contributed by atoms with Gasteiger partial charge in [-0.05, 0) is 167 Å². The van der Waals surface area contributed by atoms with E-state index in [-0.39, 0.29) is 25.7 Å². The number of aliphatic hydroxyl groups excluding tert-OH is 1. The van der Waals surface area contributed by atoms with E-state index in [4.69, 9.17) is 37.0 Å². The van der Waals surface area contributed by atoms with E-state index >= 15 is 0 Å². The largest absolute Gasteiger partial charge is 0.472 e. The minimum atomic E-state index is -5.00. The molecule has 0 aromatic rings. The van der Waals surface area contributed by atoms with E-state index in [2.05, 4.69) is 186 Å². The summed E-state index contributed by atoms with van der Waals surface area (Å²) in [6.07, 6.45) is 91.9. The lowest BCUT2D eigenvalue weighted by molar-refractivity contribution is -0.161. The molecule has 0 bridgehead atoms. The number of phosphoric acid groups is 2. The summed E-state index contributed by atoms with van der Waals surface area (Å²) in [6, 6.07) is 0. The first-order chi connectivity index (χ1) is 51.7. The van der Waals surface area contributed by atoms with Crippen LogP contribution in [0.25, 0.3) is 0 Å². The highest BCUT2D eigenvalue weighted by Gasteiger charge is 2.30. The molecular formula is C87H142O17P2. The summed E-state index contributed by atoms with van der Waals surface area (Å²) in [5.74, 6) is -2.30. The van der Waals surface area contributed by atoms with Crippen LogP contribution in [0, 0.1) is 0 Å². The SMILES string of the molecule is CC/C=C\C/C=C\C/C=C\C/C=C\C/C=C\CCCC(=O)OCC(COP(=O)(O)OCC(O)COP(=O)(O)OCC(COC(=O)CCCCCCCC/C=C\C/C=C\C/C=C\C/C=C\CC)OC(=O)CCCCCCC/C=C\C/C=C\CCCCC)OC(=O)CCCCCCC/C=C\C/C=C\C/C=C\CC. The second-order valence-electron chi connectivity index (χ2n) is 26.2. The van der Waals surface area contributed by atoms with Crippen molar-refractivity contribution in [2.75, 3.05) is 39.6 Å². The van der Waals surface area contributed by atoms with Crippen LogP contribution in [0.5, 0.6) is 0 Å². The van der Waals surface area contributed by atoms with Gasteiger partial charge < -0.3 is 33.8 Å². The van der Waals surface area contributed by atoms with E-state index < -0.39 is 97.5 Å². The summed E-state index contributed by atoms with van der Waals surface area (Å²) in [6.45, 7) is 4.39. The molecule has 0 rings (SSSR count). The molecule has 0 spiro atoms. The van der Waals surface area contributed by atoms with Gasteiger partial charge in [-0.25, -0.2) is 9.13 Å². The predicted molar refractivity (Wildman–Crippen MR) is 436 cm³/mol. The number of allylic oxidation sites excluding steroid dienone is 28. The van der Waals surface area contributed by atoms with Crippen LogP contribution >= 0.6 is 15.6 Å². The van der Waals surface area contributed by atoms with Crippen molar-refractivity contribution in [2.24, 2.45) is 0 Å². The van der Waals surface area contributed by atoms with Crippen molar-refractivity contribution in [1.82, 2.24) is 0 Å². The Morgan fingerprint density at radius 2 is 0.500 bits per heavy atom. The number of carbonyl (C=O) groups excluding carboxylic acids is 4. The first-order valence-electron chi connectivity index (χ1n) is 40.4. The van der Waals surface area contributed by atoms with Gasteiger partial charge in [0.15, 0.2) is 12.2 Å². The maximum atomic E-state index is 13.1. The molecule has 0 aliphatic rings. The summed E-state index contributed by atoms with van der Waals surface area (Å²) in [4.78, 5) is 73.1. The quantitative estimate of drug-likeness (QED) is 0.0169. The van der Waals surface area contributed by atoms with Gasteiger partial charge in [0, 0.05) is 25.7 Å². The molecule has 17 nitrogen and oxygen atoms in total. The van der Waals surface area contributed by atoms with Gasteiger partial charge in [0.05, 0.1) is 26.4 Å². The highest BCUT2D eigenvalue weighted by Crippen LogP contribution is 2.45. The van der Waals surface area contributed by atoms with Gasteiger partial charge in [-0.3, -0.25) is 37.3 Å². The molecule has 0 aliphatic carbocycles. The van der Waals surface area contributed by atoms with Crippen molar-refractivity contribution >= 4 is 39.5 Å². The van der Waals surface area contributed by atoms with Crippen LogP contribution < -0.4 is 0 Å². The van der Waals surface area contributed by atoms with Crippen LogP contribution in [-0.2, 0) is 65.4 Å². The number of esters is 4. The van der Waals surface area contributed by atoms with Gasteiger partial charge >= 0.3 is 39.5 Å². The van der Waals surface area contributed by atoms with Crippen molar-refractivity contribution in [3.8, 4) is 0 Å². The monoisotopic (exact) mass is 1520 g/mol. The van der Waals surface area contributed by atoms with Crippen LogP contribution in [0.2, 0.25) is 0 Å². The van der Waals surface area contributed by atoms with Gasteiger partial charge in [0.2, 0.25) is 0 Å². The zero-order valence-corrected chi connectivity index (χ0v) is 67.6. The van der Waals surface area contributed by atoms with Crippen LogP contribution in [0.15, 0.2) is 170 Å². The molecule has 0 heterocycles. The van der Waals surface area contributed by atoms with Gasteiger partial charge in [0.1, 0.15) is 19.3 Å². The van der Waals surface area contributed by atoms with E-state index in [0.717, 1.165) is 193 Å². The number of aliphatic hydroxyl groups is 1. The molecule has 106 heavy (non-hydrogen) atoms. The van der Waals surface area contributed by atoms with Crippen molar-refractivity contribution < 1.29 is 80.2 Å². The first kappa shape index (κ1) is 100. The van der Waals surface area contributed by atoms with Crippen LogP contribution in [0.4, 0.5) is 0 Å². The van der Waals surface area contributed by atoms with E-state index in [9.17, 15) is 43.2 Å². The zero-order valence-electron chi connectivity index (χ0n) is 65.8. The molecule has 5 unspecified atom stereocenters. The molecule has 0 saturated carbocycles. The van der Waals surface area contributed by atoms with E-state index in [1.807, 2.05) is 12.2 Å². The fraction of sp³-hybridized carbons (Fsp3) is 0.632. The third kappa shape index (κ3) is 76.6. The number of ether oxygens (including phenoxy) is 4. The van der Waals surface area contributed by atoms with E-state index in [1.54, 1.807) is 0 Å². The molecule has 19 heteroatoms. The topological polar surface area (TPSA) is 237 Å². The molecule has 0 fully saturated rings. The second-order valence-corrected chi connectivity index (χ2v) is 29.1. The molecule has 0 amide bonds. The summed E-state index contributed by atoms with van der Waals surface area (Å²) < 4.78 is 68.6. The number of rotatable bonds is 74. The summed E-state index contributed by atoms with van der Waals surface area (Å²) in [5, 5.41) is 10.7. The lowest BCUT2D eigenvalue weighted by Gasteiger charge is -2.21. The second kappa shape index (κ2) is 77.6. The number of hydrogen-bond donors (Lipinski definition) is 3. The average Bonchev–Trinajstić information content (AvgIpc) is 0.928. The Hall–Kier alpha value is -5.58. The third-order valence-corrected chi connectivity index (χ3v) is 18.1. The minimum absolute atomic E-state index is 0.0569. The Bertz CT molecular complexity index is 2680. The molecule has 0 saturated heterocycles. The van der Waals surface area contributed by atoms with Gasteiger partial charge in [-0.1, -0.05) is 275 Å². The normalized spacial score (nSPS) is 14.7. The molecule has 602 valence electrons. The fourth-order valence-corrected chi connectivity index (χ4v) is 11.7. The number of phosphoric ester groups is 2.